The van der Waals surface area contributed by atoms with E-state index in [1.807, 2.05) is 53.7 Å². The third-order valence-electron chi connectivity index (χ3n) is 2.38. The Kier molecular flexibility index (Phi) is 5.36. The van der Waals surface area contributed by atoms with Crippen LogP contribution < -0.4 is 15.4 Å². The maximum atomic E-state index is 12.1. The molecule has 1 unspecified atom stereocenters. The molecule has 5 heteroatoms. The van der Waals surface area contributed by atoms with Crippen molar-refractivity contribution in [3.8, 4) is 5.88 Å². The minimum atomic E-state index is -0.368. The first-order valence-corrected chi connectivity index (χ1v) is 6.89. The van der Waals surface area contributed by atoms with Crippen molar-refractivity contribution in [3.63, 3.8) is 0 Å². The van der Waals surface area contributed by atoms with E-state index in [9.17, 15) is 4.79 Å². The molecular formula is C15H25N3O2. The fraction of sp³-hybridized carbons (Fsp3) is 0.600. The van der Waals surface area contributed by atoms with Crippen LogP contribution in [0.25, 0.3) is 0 Å². The van der Waals surface area contributed by atoms with Crippen LogP contribution in [0.5, 0.6) is 5.88 Å². The highest BCUT2D eigenvalue weighted by atomic mass is 16.5. The van der Waals surface area contributed by atoms with E-state index in [1.54, 1.807) is 6.20 Å². The van der Waals surface area contributed by atoms with Gasteiger partial charge in [0.1, 0.15) is 6.04 Å². The van der Waals surface area contributed by atoms with Crippen LogP contribution in [0.1, 0.15) is 41.5 Å². The Labute approximate surface area is 121 Å². The quantitative estimate of drug-likeness (QED) is 0.869. The lowest BCUT2D eigenvalue weighted by Gasteiger charge is -2.24. The van der Waals surface area contributed by atoms with Crippen LogP contribution >= 0.6 is 0 Å². The summed E-state index contributed by atoms with van der Waals surface area (Å²) in [4.78, 5) is 16.3. The molecule has 112 valence electrons. The first-order valence-electron chi connectivity index (χ1n) is 6.89. The van der Waals surface area contributed by atoms with Crippen LogP contribution in [0, 0.1) is 0 Å². The van der Waals surface area contributed by atoms with Crippen LogP contribution in [0.15, 0.2) is 18.3 Å². The zero-order chi connectivity index (χ0) is 15.3. The van der Waals surface area contributed by atoms with Crippen molar-refractivity contribution in [2.45, 2.75) is 59.2 Å². The summed E-state index contributed by atoms with van der Waals surface area (Å²) in [7, 11) is 0. The van der Waals surface area contributed by atoms with Gasteiger partial charge in [0.2, 0.25) is 11.8 Å². The van der Waals surface area contributed by atoms with Gasteiger partial charge in [-0.05, 0) is 53.7 Å². The second-order valence-electron chi connectivity index (χ2n) is 6.13. The molecular weight excluding hydrogens is 254 g/mol. The number of pyridine rings is 1. The molecule has 1 aromatic rings. The average molecular weight is 279 g/mol. The van der Waals surface area contributed by atoms with Gasteiger partial charge in [-0.15, -0.1) is 0 Å². The van der Waals surface area contributed by atoms with Crippen LogP contribution in [-0.4, -0.2) is 28.6 Å². The van der Waals surface area contributed by atoms with E-state index < -0.39 is 0 Å². The summed E-state index contributed by atoms with van der Waals surface area (Å²) in [6, 6.07) is 3.29. The fourth-order valence-corrected chi connectivity index (χ4v) is 1.59. The van der Waals surface area contributed by atoms with Crippen molar-refractivity contribution in [3.05, 3.63) is 18.3 Å². The molecule has 5 nitrogen and oxygen atoms in total. The SMILES string of the molecule is CC(C)Oc1ncccc1NC(C)C(=O)NC(C)(C)C. The van der Waals surface area contributed by atoms with Gasteiger partial charge in [0.15, 0.2) is 0 Å². The number of carbonyl (C=O) groups is 1. The Hall–Kier alpha value is -1.78. The van der Waals surface area contributed by atoms with Crippen molar-refractivity contribution in [2.75, 3.05) is 5.32 Å². The Bertz CT molecular complexity index is 453. The summed E-state index contributed by atoms with van der Waals surface area (Å²) >= 11 is 0. The van der Waals surface area contributed by atoms with E-state index in [2.05, 4.69) is 15.6 Å². The molecule has 0 aliphatic heterocycles. The predicted molar refractivity (Wildman–Crippen MR) is 81.0 cm³/mol. The summed E-state index contributed by atoms with van der Waals surface area (Å²) < 4.78 is 5.62. The lowest BCUT2D eigenvalue weighted by Crippen LogP contribution is -2.47. The van der Waals surface area contributed by atoms with E-state index in [1.165, 1.54) is 0 Å². The molecule has 0 fully saturated rings. The normalized spacial score (nSPS) is 12.9. The minimum Gasteiger partial charge on any atom is -0.473 e. The summed E-state index contributed by atoms with van der Waals surface area (Å²) in [5.74, 6) is 0.453. The van der Waals surface area contributed by atoms with Crippen LogP contribution in [0.2, 0.25) is 0 Å². The number of nitrogens with one attached hydrogen (secondary N) is 2. The second-order valence-corrected chi connectivity index (χ2v) is 6.13. The topological polar surface area (TPSA) is 63.2 Å². The Balaban J connectivity index is 2.75. The molecule has 0 radical (unpaired) electrons. The van der Waals surface area contributed by atoms with Crippen molar-refractivity contribution in [1.29, 1.82) is 0 Å². The van der Waals surface area contributed by atoms with Gasteiger partial charge in [-0.1, -0.05) is 0 Å². The van der Waals surface area contributed by atoms with Gasteiger partial charge < -0.3 is 15.4 Å². The van der Waals surface area contributed by atoms with Gasteiger partial charge in [0.05, 0.1) is 11.8 Å². The van der Waals surface area contributed by atoms with Crippen molar-refractivity contribution in [2.24, 2.45) is 0 Å². The van der Waals surface area contributed by atoms with E-state index in [4.69, 9.17) is 4.74 Å². The smallest absolute Gasteiger partial charge is 0.242 e. The summed E-state index contributed by atoms with van der Waals surface area (Å²) in [6.45, 7) is 11.6. The molecule has 0 saturated carbocycles. The van der Waals surface area contributed by atoms with E-state index in [-0.39, 0.29) is 23.6 Å². The Morgan fingerprint density at radius 2 is 1.95 bits per heavy atom. The summed E-state index contributed by atoms with van der Waals surface area (Å²) in [5, 5.41) is 6.08. The molecule has 1 amide bonds. The number of anilines is 1. The van der Waals surface area contributed by atoms with Crippen molar-refractivity contribution >= 4 is 11.6 Å². The first kappa shape index (κ1) is 16.3. The lowest BCUT2D eigenvalue weighted by atomic mass is 10.1. The number of hydrogen-bond acceptors (Lipinski definition) is 4. The van der Waals surface area contributed by atoms with E-state index >= 15 is 0 Å². The maximum absolute atomic E-state index is 12.1. The van der Waals surface area contributed by atoms with Gasteiger partial charge in [-0.25, -0.2) is 4.98 Å². The number of amides is 1. The van der Waals surface area contributed by atoms with Gasteiger partial charge in [-0.3, -0.25) is 4.79 Å². The van der Waals surface area contributed by atoms with Crippen molar-refractivity contribution < 1.29 is 9.53 Å². The zero-order valence-electron chi connectivity index (χ0n) is 13.2. The predicted octanol–water partition coefficient (Wildman–Crippen LogP) is 2.58. The molecule has 20 heavy (non-hydrogen) atoms. The van der Waals surface area contributed by atoms with Crippen molar-refractivity contribution in [1.82, 2.24) is 10.3 Å². The monoisotopic (exact) mass is 279 g/mol. The second kappa shape index (κ2) is 6.59. The number of ether oxygens (including phenoxy) is 1. The third kappa shape index (κ3) is 5.47. The molecule has 0 spiro atoms. The largest absolute Gasteiger partial charge is 0.473 e. The number of aromatic nitrogens is 1. The zero-order valence-corrected chi connectivity index (χ0v) is 13.2. The van der Waals surface area contributed by atoms with Gasteiger partial charge in [0, 0.05) is 11.7 Å². The number of rotatable bonds is 5. The molecule has 0 saturated heterocycles. The molecule has 0 bridgehead atoms. The maximum Gasteiger partial charge on any atom is 0.242 e. The van der Waals surface area contributed by atoms with Gasteiger partial charge in [0.25, 0.3) is 0 Å². The van der Waals surface area contributed by atoms with Gasteiger partial charge >= 0.3 is 0 Å². The molecule has 1 heterocycles. The Morgan fingerprint density at radius 1 is 1.30 bits per heavy atom. The molecule has 1 aromatic heterocycles. The molecule has 0 aliphatic carbocycles. The van der Waals surface area contributed by atoms with E-state index in [0.29, 0.717) is 5.88 Å². The first-order chi connectivity index (χ1) is 9.19. The third-order valence-corrected chi connectivity index (χ3v) is 2.38. The van der Waals surface area contributed by atoms with Crippen LogP contribution in [0.3, 0.4) is 0 Å². The highest BCUT2D eigenvalue weighted by Gasteiger charge is 2.20. The number of nitrogens with zero attached hydrogens (tertiary/aromatic N) is 1. The van der Waals surface area contributed by atoms with Gasteiger partial charge in [-0.2, -0.15) is 0 Å². The summed E-state index contributed by atoms with van der Waals surface area (Å²) in [5.41, 5.74) is 0.469. The molecule has 1 rings (SSSR count). The summed E-state index contributed by atoms with van der Waals surface area (Å²) in [6.07, 6.45) is 1.70. The molecule has 2 N–H and O–H groups in total. The van der Waals surface area contributed by atoms with Crippen LogP contribution in [0.4, 0.5) is 5.69 Å². The Morgan fingerprint density at radius 3 is 2.50 bits per heavy atom. The fourth-order valence-electron chi connectivity index (χ4n) is 1.59. The molecule has 0 aromatic carbocycles. The van der Waals surface area contributed by atoms with E-state index in [0.717, 1.165) is 5.69 Å². The highest BCUT2D eigenvalue weighted by molar-refractivity contribution is 5.85. The van der Waals surface area contributed by atoms with Crippen LogP contribution in [-0.2, 0) is 4.79 Å². The standard InChI is InChI=1S/C15H25N3O2/c1-10(2)20-14-12(8-7-9-16-14)17-11(3)13(19)18-15(4,5)6/h7-11,17H,1-6H3,(H,18,19). The molecule has 0 aliphatic rings. The number of hydrogen-bond donors (Lipinski definition) is 2. The lowest BCUT2D eigenvalue weighted by molar-refractivity contribution is -0.122. The average Bonchev–Trinajstić information content (AvgIpc) is 2.28. The number of carbonyl (C=O) groups excluding carboxylic acids is 1. The highest BCUT2D eigenvalue weighted by Crippen LogP contribution is 2.22. The minimum absolute atomic E-state index is 0.0316. The molecule has 1 atom stereocenters.